The van der Waals surface area contributed by atoms with Crippen LogP contribution in [0.5, 0.6) is 0 Å². The van der Waals surface area contributed by atoms with Crippen LogP contribution in [0.25, 0.3) is 0 Å². The Balaban J connectivity index is 1.21. The monoisotopic (exact) mass is 371 g/mol. The van der Waals surface area contributed by atoms with Gasteiger partial charge in [-0.05, 0) is 61.5 Å². The number of nitro benzene ring substituents is 1. The molecule has 2 N–H and O–H groups in total. The summed E-state index contributed by atoms with van der Waals surface area (Å²) in [4.78, 5) is 34.5. The molecule has 0 unspecified atom stereocenters. The van der Waals surface area contributed by atoms with Gasteiger partial charge in [-0.25, -0.2) is 0 Å². The molecule has 3 fully saturated rings. The normalized spacial score (nSPS) is 30.7. The van der Waals surface area contributed by atoms with Crippen LogP contribution in [0.2, 0.25) is 0 Å². The van der Waals surface area contributed by atoms with Crippen molar-refractivity contribution in [3.8, 4) is 0 Å². The molecule has 0 aromatic heterocycles. The van der Waals surface area contributed by atoms with Gasteiger partial charge in [-0.2, -0.15) is 0 Å². The molecule has 27 heavy (non-hydrogen) atoms. The predicted molar refractivity (Wildman–Crippen MR) is 99.0 cm³/mol. The molecule has 3 aliphatic carbocycles. The van der Waals surface area contributed by atoms with E-state index in [1.807, 2.05) is 0 Å². The van der Waals surface area contributed by atoms with Gasteiger partial charge in [0, 0.05) is 36.7 Å². The molecular formula is C20H25N3O4. The van der Waals surface area contributed by atoms with Crippen molar-refractivity contribution in [1.82, 2.24) is 10.6 Å². The fourth-order valence-corrected chi connectivity index (χ4v) is 5.64. The van der Waals surface area contributed by atoms with Gasteiger partial charge in [0.15, 0.2) is 0 Å². The topological polar surface area (TPSA) is 101 Å². The smallest absolute Gasteiger partial charge is 0.269 e. The van der Waals surface area contributed by atoms with Crippen LogP contribution < -0.4 is 10.6 Å². The van der Waals surface area contributed by atoms with E-state index in [0.717, 1.165) is 24.2 Å². The first kappa shape index (κ1) is 17.9. The van der Waals surface area contributed by atoms with E-state index in [4.69, 9.17) is 0 Å². The summed E-state index contributed by atoms with van der Waals surface area (Å²) in [5.41, 5.74) is 0.294. The van der Waals surface area contributed by atoms with Gasteiger partial charge < -0.3 is 10.6 Å². The molecule has 3 aliphatic rings. The average Bonchev–Trinajstić information content (AvgIpc) is 3.34. The van der Waals surface area contributed by atoms with E-state index in [2.05, 4.69) is 10.6 Å². The van der Waals surface area contributed by atoms with Crippen molar-refractivity contribution in [3.05, 3.63) is 39.9 Å². The number of nitrogens with zero attached hydrogens (tertiary/aromatic N) is 1. The minimum atomic E-state index is -0.504. The lowest BCUT2D eigenvalue weighted by Gasteiger charge is -2.32. The molecule has 0 aliphatic heterocycles. The lowest BCUT2D eigenvalue weighted by molar-refractivity contribution is -0.384. The second-order valence-electron chi connectivity index (χ2n) is 8.14. The summed E-state index contributed by atoms with van der Waals surface area (Å²) in [5, 5.41) is 16.5. The molecule has 5 atom stereocenters. The molecule has 7 nitrogen and oxygen atoms in total. The molecule has 0 spiro atoms. The fourth-order valence-electron chi connectivity index (χ4n) is 5.64. The van der Waals surface area contributed by atoms with Crippen molar-refractivity contribution < 1.29 is 14.5 Å². The van der Waals surface area contributed by atoms with Crippen molar-refractivity contribution in [3.63, 3.8) is 0 Å². The van der Waals surface area contributed by atoms with Gasteiger partial charge in [0.2, 0.25) is 5.91 Å². The average molecular weight is 371 g/mol. The van der Waals surface area contributed by atoms with E-state index in [1.165, 1.54) is 49.9 Å². The van der Waals surface area contributed by atoms with E-state index in [0.29, 0.717) is 17.5 Å². The van der Waals surface area contributed by atoms with Gasteiger partial charge in [0.1, 0.15) is 0 Å². The second kappa shape index (κ2) is 7.29. The van der Waals surface area contributed by atoms with Crippen LogP contribution in [0.1, 0.15) is 48.9 Å². The maximum Gasteiger partial charge on any atom is 0.269 e. The number of nitro groups is 1. The first-order valence-corrected chi connectivity index (χ1v) is 9.85. The maximum atomic E-state index is 12.3. The van der Waals surface area contributed by atoms with Crippen molar-refractivity contribution in [2.75, 3.05) is 6.54 Å². The van der Waals surface area contributed by atoms with Crippen LogP contribution in [-0.2, 0) is 4.79 Å². The van der Waals surface area contributed by atoms with E-state index in [9.17, 15) is 19.7 Å². The van der Waals surface area contributed by atoms with E-state index in [1.54, 1.807) is 0 Å². The van der Waals surface area contributed by atoms with Crippen LogP contribution in [0.3, 0.4) is 0 Å². The minimum absolute atomic E-state index is 0.00824. The molecule has 144 valence electrons. The molecular weight excluding hydrogens is 346 g/mol. The van der Waals surface area contributed by atoms with Crippen molar-refractivity contribution >= 4 is 17.5 Å². The highest BCUT2D eigenvalue weighted by molar-refractivity contribution is 5.94. The highest BCUT2D eigenvalue weighted by Crippen LogP contribution is 2.58. The van der Waals surface area contributed by atoms with Crippen LogP contribution in [-0.4, -0.2) is 29.3 Å². The molecule has 4 rings (SSSR count). The molecule has 0 heterocycles. The van der Waals surface area contributed by atoms with Crippen LogP contribution >= 0.6 is 0 Å². The van der Waals surface area contributed by atoms with E-state index in [-0.39, 0.29) is 30.5 Å². The summed E-state index contributed by atoms with van der Waals surface area (Å²) >= 11 is 0. The Hall–Kier alpha value is -2.44. The molecule has 2 amide bonds. The Morgan fingerprint density at radius 3 is 2.56 bits per heavy atom. The summed E-state index contributed by atoms with van der Waals surface area (Å²) in [7, 11) is 0. The first-order valence-electron chi connectivity index (χ1n) is 9.85. The summed E-state index contributed by atoms with van der Waals surface area (Å²) in [6.07, 6.45) is 6.69. The Bertz CT molecular complexity index is 748. The van der Waals surface area contributed by atoms with Gasteiger partial charge in [-0.3, -0.25) is 19.7 Å². The van der Waals surface area contributed by atoms with Gasteiger partial charge >= 0.3 is 0 Å². The molecule has 7 heteroatoms. The minimum Gasteiger partial charge on any atom is -0.353 e. The molecule has 0 radical (unpaired) electrons. The number of carbonyl (C=O) groups is 2. The summed E-state index contributed by atoms with van der Waals surface area (Å²) in [6.45, 7) is 0.258. The third kappa shape index (κ3) is 3.55. The molecule has 0 saturated heterocycles. The highest BCUT2D eigenvalue weighted by atomic mass is 16.6. The zero-order chi connectivity index (χ0) is 19.0. The van der Waals surface area contributed by atoms with Gasteiger partial charge in [-0.15, -0.1) is 0 Å². The first-order chi connectivity index (χ1) is 13.0. The number of hydrogen-bond donors (Lipinski definition) is 2. The Labute approximate surface area is 158 Å². The Morgan fingerprint density at radius 1 is 1.07 bits per heavy atom. The lowest BCUT2D eigenvalue weighted by Crippen LogP contribution is -2.43. The van der Waals surface area contributed by atoms with E-state index < -0.39 is 4.92 Å². The fraction of sp³-hybridized carbons (Fsp3) is 0.600. The number of hydrogen-bond acceptors (Lipinski definition) is 4. The zero-order valence-electron chi connectivity index (χ0n) is 15.2. The number of carbonyl (C=O) groups excluding carboxylic acids is 2. The van der Waals surface area contributed by atoms with Crippen molar-refractivity contribution in [2.24, 2.45) is 23.7 Å². The summed E-state index contributed by atoms with van der Waals surface area (Å²) in [5.74, 6) is 2.84. The summed E-state index contributed by atoms with van der Waals surface area (Å²) in [6, 6.07) is 5.74. The van der Waals surface area contributed by atoms with Crippen molar-refractivity contribution in [2.45, 2.75) is 44.6 Å². The third-order valence-corrected chi connectivity index (χ3v) is 6.75. The largest absolute Gasteiger partial charge is 0.353 e. The molecule has 1 aromatic carbocycles. The molecule has 2 bridgehead atoms. The SMILES string of the molecule is O=C(CCNC(=O)c1ccc([N+](=O)[O-])cc1)N[C@@H]1C[C@H]2C[C@H]1[C@@H]1CCC[C@@H]21. The van der Waals surface area contributed by atoms with Crippen LogP contribution in [0, 0.1) is 33.8 Å². The number of non-ortho nitro benzene ring substituents is 1. The second-order valence-corrected chi connectivity index (χ2v) is 8.14. The Kier molecular flexibility index (Phi) is 4.85. The van der Waals surface area contributed by atoms with Gasteiger partial charge in [0.25, 0.3) is 11.6 Å². The van der Waals surface area contributed by atoms with E-state index >= 15 is 0 Å². The lowest BCUT2D eigenvalue weighted by atomic mass is 9.79. The number of benzene rings is 1. The van der Waals surface area contributed by atoms with Gasteiger partial charge in [-0.1, -0.05) is 6.42 Å². The van der Waals surface area contributed by atoms with Crippen LogP contribution in [0.15, 0.2) is 24.3 Å². The highest BCUT2D eigenvalue weighted by Gasteiger charge is 2.53. The standard InChI is InChI=1S/C20H25N3O4/c24-19(22-18-11-13-10-17(18)16-3-1-2-15(13)16)8-9-21-20(25)12-4-6-14(7-5-12)23(26)27/h4-7,13,15-18H,1-3,8-11H2,(H,21,25)(H,22,24)/t13-,15+,16-,17+,18-/m1/s1. The van der Waals surface area contributed by atoms with Crippen LogP contribution in [0.4, 0.5) is 5.69 Å². The third-order valence-electron chi connectivity index (χ3n) is 6.75. The Morgan fingerprint density at radius 2 is 1.81 bits per heavy atom. The number of rotatable bonds is 6. The van der Waals surface area contributed by atoms with Crippen molar-refractivity contribution in [1.29, 1.82) is 0 Å². The number of amides is 2. The number of fused-ring (bicyclic) bond motifs is 5. The molecule has 3 saturated carbocycles. The summed E-state index contributed by atoms with van der Waals surface area (Å²) < 4.78 is 0. The maximum absolute atomic E-state index is 12.3. The predicted octanol–water partition coefficient (Wildman–Crippen LogP) is 2.66. The molecule has 1 aromatic rings. The zero-order valence-corrected chi connectivity index (χ0v) is 15.2. The van der Waals surface area contributed by atoms with Gasteiger partial charge in [0.05, 0.1) is 4.92 Å². The quantitative estimate of drug-likeness (QED) is 0.593. The number of nitrogens with one attached hydrogen (secondary N) is 2.